The van der Waals surface area contributed by atoms with Crippen LogP contribution in [0.15, 0.2) is 40.9 Å². The average molecular weight is 313 g/mol. The Balaban J connectivity index is 0.00000220. The molecule has 0 radical (unpaired) electrons. The minimum Gasteiger partial charge on any atom is -0.393 e. The summed E-state index contributed by atoms with van der Waals surface area (Å²) in [6, 6.07) is 11.1. The molecule has 0 N–H and O–H groups in total. The van der Waals surface area contributed by atoms with Crippen LogP contribution in [0.2, 0.25) is 0 Å². The Morgan fingerprint density at radius 2 is 2.20 bits per heavy atom. The van der Waals surface area contributed by atoms with Crippen molar-refractivity contribution < 1.29 is 20.9 Å². The van der Waals surface area contributed by atoms with Crippen molar-refractivity contribution in [1.29, 1.82) is 0 Å². The molecule has 0 aliphatic heterocycles. The molecule has 20 heavy (non-hydrogen) atoms. The Hall–Kier alpha value is -1.80. The van der Waals surface area contributed by atoms with Gasteiger partial charge in [-0.2, -0.15) is 0 Å². The third-order valence-electron chi connectivity index (χ3n) is 2.20. The van der Waals surface area contributed by atoms with Crippen LogP contribution in [-0.2, 0) is 20.9 Å². The maximum absolute atomic E-state index is 5.42. The molecule has 0 bridgehead atoms. The Bertz CT molecular complexity index is 660. The van der Waals surface area contributed by atoms with Gasteiger partial charge in [-0.05, 0) is 12.1 Å². The molecule has 5 nitrogen and oxygen atoms in total. The van der Waals surface area contributed by atoms with Gasteiger partial charge in [0.05, 0.1) is 12.7 Å². The standard InChI is InChI=1S/C13H12NO4PS.2H2/c1-3-15-19(20,16-4-2)18-13-10-12(17-14-13)11-8-6-5-7-9-11;;/h1,5-10H,4H2,2H3;2*1H. The highest BCUT2D eigenvalue weighted by molar-refractivity contribution is 8.07. The van der Waals surface area contributed by atoms with Crippen LogP contribution < -0.4 is 4.52 Å². The first-order valence-corrected chi connectivity index (χ1v) is 8.33. The SMILES string of the molecule is C#COP(=S)(OCC)Oc1cc(-c2ccccc2)on1.[HH].[HH]. The summed E-state index contributed by atoms with van der Waals surface area (Å²) in [5, 5.41) is 3.78. The summed E-state index contributed by atoms with van der Waals surface area (Å²) < 4.78 is 20.8. The van der Waals surface area contributed by atoms with Gasteiger partial charge in [-0.3, -0.25) is 4.52 Å². The molecule has 108 valence electrons. The van der Waals surface area contributed by atoms with E-state index in [0.717, 1.165) is 5.56 Å². The van der Waals surface area contributed by atoms with Gasteiger partial charge in [-0.15, -0.1) is 0 Å². The fourth-order valence-electron chi connectivity index (χ4n) is 1.45. The highest BCUT2D eigenvalue weighted by atomic mass is 32.5. The van der Waals surface area contributed by atoms with E-state index < -0.39 is 6.72 Å². The minimum absolute atomic E-state index is 0. The zero-order valence-corrected chi connectivity index (χ0v) is 12.4. The Kier molecular flexibility index (Phi) is 4.80. The molecule has 0 fully saturated rings. The number of rotatable bonds is 6. The lowest BCUT2D eigenvalue weighted by Crippen LogP contribution is -1.99. The van der Waals surface area contributed by atoms with Gasteiger partial charge in [0.15, 0.2) is 5.76 Å². The maximum atomic E-state index is 5.42. The second-order valence-electron chi connectivity index (χ2n) is 3.56. The second-order valence-corrected chi connectivity index (χ2v) is 6.42. The van der Waals surface area contributed by atoms with E-state index in [4.69, 9.17) is 36.3 Å². The number of hydrogen-bond acceptors (Lipinski definition) is 6. The maximum Gasteiger partial charge on any atom is 0.444 e. The summed E-state index contributed by atoms with van der Waals surface area (Å²) in [5.74, 6) is 0.732. The topological polar surface area (TPSA) is 53.7 Å². The van der Waals surface area contributed by atoms with Crippen molar-refractivity contribution in [2.75, 3.05) is 6.61 Å². The monoisotopic (exact) mass is 313 g/mol. The number of benzene rings is 1. The fourth-order valence-corrected chi connectivity index (χ4v) is 3.03. The normalized spacial score (nSPS) is 13.2. The zero-order chi connectivity index (χ0) is 14.4. The lowest BCUT2D eigenvalue weighted by Gasteiger charge is -2.16. The van der Waals surface area contributed by atoms with Crippen molar-refractivity contribution in [2.24, 2.45) is 0 Å². The molecule has 1 heterocycles. The molecular weight excluding hydrogens is 297 g/mol. The summed E-state index contributed by atoms with van der Waals surface area (Å²) in [6.07, 6.45) is 7.07. The second kappa shape index (κ2) is 6.58. The smallest absolute Gasteiger partial charge is 0.393 e. The van der Waals surface area contributed by atoms with E-state index in [9.17, 15) is 0 Å². The Morgan fingerprint density at radius 1 is 1.45 bits per heavy atom. The van der Waals surface area contributed by atoms with Crippen LogP contribution in [0.25, 0.3) is 11.3 Å². The largest absolute Gasteiger partial charge is 0.444 e. The van der Waals surface area contributed by atoms with Crippen molar-refractivity contribution in [1.82, 2.24) is 5.16 Å². The molecule has 1 aromatic heterocycles. The van der Waals surface area contributed by atoms with Crippen molar-refractivity contribution in [3.8, 4) is 29.7 Å². The van der Waals surface area contributed by atoms with Crippen LogP contribution in [-0.4, -0.2) is 11.8 Å². The van der Waals surface area contributed by atoms with E-state index in [0.29, 0.717) is 12.4 Å². The van der Waals surface area contributed by atoms with E-state index in [-0.39, 0.29) is 8.73 Å². The lowest BCUT2D eigenvalue weighted by molar-refractivity contribution is 0.259. The van der Waals surface area contributed by atoms with Crippen molar-refractivity contribution >= 4 is 18.5 Å². The predicted octanol–water partition coefficient (Wildman–Crippen LogP) is 4.08. The van der Waals surface area contributed by atoms with Crippen molar-refractivity contribution in [3.05, 3.63) is 36.4 Å². The summed E-state index contributed by atoms with van der Waals surface area (Å²) in [4.78, 5) is 0. The van der Waals surface area contributed by atoms with Gasteiger partial charge < -0.3 is 13.6 Å². The molecule has 2 aromatic rings. The highest BCUT2D eigenvalue weighted by Crippen LogP contribution is 2.49. The summed E-state index contributed by atoms with van der Waals surface area (Å²) in [6.45, 7) is -0.957. The fraction of sp³-hybridized carbons (Fsp3) is 0.154. The molecule has 1 unspecified atom stereocenters. The van der Waals surface area contributed by atoms with Crippen molar-refractivity contribution in [3.63, 3.8) is 0 Å². The van der Waals surface area contributed by atoms with Crippen LogP contribution in [0.1, 0.15) is 9.78 Å². The molecular formula is C13H16NO4PS. The van der Waals surface area contributed by atoms with Crippen LogP contribution in [0.5, 0.6) is 5.88 Å². The van der Waals surface area contributed by atoms with Crippen molar-refractivity contribution in [2.45, 2.75) is 6.92 Å². The quantitative estimate of drug-likeness (QED) is 0.591. The molecule has 0 aliphatic carbocycles. The van der Waals surface area contributed by atoms with Gasteiger partial charge in [0.1, 0.15) is 6.11 Å². The number of hydrogen-bond donors (Lipinski definition) is 0. The predicted molar refractivity (Wildman–Crippen MR) is 82.6 cm³/mol. The van der Waals surface area contributed by atoms with Crippen LogP contribution >= 0.6 is 6.72 Å². The molecule has 0 aliphatic rings. The number of terminal acetylenes is 1. The van der Waals surface area contributed by atoms with E-state index >= 15 is 0 Å². The average Bonchev–Trinajstić information content (AvgIpc) is 2.88. The van der Waals surface area contributed by atoms with Crippen LogP contribution in [0.4, 0.5) is 0 Å². The van der Waals surface area contributed by atoms with Gasteiger partial charge in [0, 0.05) is 20.2 Å². The van der Waals surface area contributed by atoms with Crippen LogP contribution in [0.3, 0.4) is 0 Å². The summed E-state index contributed by atoms with van der Waals surface area (Å²) in [7, 11) is 0. The van der Waals surface area contributed by atoms with Crippen LogP contribution in [0, 0.1) is 12.5 Å². The molecule has 0 amide bonds. The number of aromatic nitrogens is 1. The lowest BCUT2D eigenvalue weighted by atomic mass is 10.2. The molecule has 0 saturated heterocycles. The van der Waals surface area contributed by atoms with E-state index in [1.165, 1.54) is 0 Å². The van der Waals surface area contributed by atoms with Gasteiger partial charge in [0.2, 0.25) is 0 Å². The molecule has 2 rings (SSSR count). The Labute approximate surface area is 125 Å². The first-order valence-electron chi connectivity index (χ1n) is 5.77. The van der Waals surface area contributed by atoms with Gasteiger partial charge in [-0.25, -0.2) is 0 Å². The van der Waals surface area contributed by atoms with E-state index in [2.05, 4.69) is 5.16 Å². The molecule has 7 heteroatoms. The number of nitrogens with zero attached hydrogens (tertiary/aromatic N) is 1. The van der Waals surface area contributed by atoms with Gasteiger partial charge in [-0.1, -0.05) is 36.8 Å². The molecule has 0 spiro atoms. The van der Waals surface area contributed by atoms with Gasteiger partial charge in [0.25, 0.3) is 5.88 Å². The van der Waals surface area contributed by atoms with E-state index in [1.807, 2.05) is 36.4 Å². The molecule has 1 atom stereocenters. The summed E-state index contributed by atoms with van der Waals surface area (Å²) >= 11 is 5.13. The highest BCUT2D eigenvalue weighted by Gasteiger charge is 2.24. The van der Waals surface area contributed by atoms with Gasteiger partial charge >= 0.3 is 6.72 Å². The summed E-state index contributed by atoms with van der Waals surface area (Å²) in [5.41, 5.74) is 0.873. The minimum atomic E-state index is -3.04. The first kappa shape index (κ1) is 14.6. The molecule has 1 aromatic carbocycles. The third-order valence-corrected chi connectivity index (χ3v) is 4.28. The third kappa shape index (κ3) is 3.61. The van der Waals surface area contributed by atoms with E-state index in [1.54, 1.807) is 13.0 Å². The zero-order valence-electron chi connectivity index (χ0n) is 10.7. The molecule has 0 saturated carbocycles. The first-order chi connectivity index (χ1) is 9.67. The Morgan fingerprint density at radius 3 is 2.85 bits per heavy atom.